The average molecular weight is 259 g/mol. The molecule has 1 unspecified atom stereocenters. The summed E-state index contributed by atoms with van der Waals surface area (Å²) in [6.07, 6.45) is 3.98. The quantitative estimate of drug-likeness (QED) is 0.811. The van der Waals surface area contributed by atoms with E-state index in [1.165, 1.54) is 0 Å². The summed E-state index contributed by atoms with van der Waals surface area (Å²) in [5, 5.41) is 4.07. The van der Waals surface area contributed by atoms with Gasteiger partial charge in [-0.3, -0.25) is 4.79 Å². The van der Waals surface area contributed by atoms with Crippen molar-refractivity contribution in [3.05, 3.63) is 30.5 Å². The average Bonchev–Trinajstić information content (AvgIpc) is 2.74. The molecule has 0 bridgehead atoms. The van der Waals surface area contributed by atoms with E-state index in [0.29, 0.717) is 12.2 Å². The van der Waals surface area contributed by atoms with E-state index < -0.39 is 0 Å². The summed E-state index contributed by atoms with van der Waals surface area (Å²) in [4.78, 5) is 12.0. The monoisotopic (exact) mass is 259 g/mol. The fourth-order valence-electron chi connectivity index (χ4n) is 2.40. The fraction of sp³-hybridized carbons (Fsp3) is 0.400. The molecule has 0 aliphatic carbocycles. The molecule has 0 aliphatic heterocycles. The van der Waals surface area contributed by atoms with Gasteiger partial charge in [0.25, 0.3) is 0 Å². The molecular weight excluding hydrogens is 238 g/mol. The van der Waals surface area contributed by atoms with Gasteiger partial charge in [-0.1, -0.05) is 25.5 Å². The van der Waals surface area contributed by atoms with Crippen LogP contribution in [0.4, 0.5) is 5.69 Å². The van der Waals surface area contributed by atoms with Crippen molar-refractivity contribution in [2.45, 2.75) is 39.3 Å². The molecule has 1 aromatic heterocycles. The SMILES string of the molecule is CCCC(C)NC(=O)Cn1ccc2cccc(N)c21. The van der Waals surface area contributed by atoms with Gasteiger partial charge in [0.15, 0.2) is 0 Å². The van der Waals surface area contributed by atoms with Crippen LogP contribution in [0.2, 0.25) is 0 Å². The summed E-state index contributed by atoms with van der Waals surface area (Å²) >= 11 is 0. The first-order valence-corrected chi connectivity index (χ1v) is 6.74. The molecule has 0 saturated heterocycles. The number of amides is 1. The molecule has 0 radical (unpaired) electrons. The standard InChI is InChI=1S/C15H21N3O/c1-3-5-11(2)17-14(19)10-18-9-8-12-6-4-7-13(16)15(12)18/h4,6-9,11H,3,5,10,16H2,1-2H3,(H,17,19). The van der Waals surface area contributed by atoms with E-state index in [1.807, 2.05) is 42.0 Å². The smallest absolute Gasteiger partial charge is 0.240 e. The summed E-state index contributed by atoms with van der Waals surface area (Å²) < 4.78 is 1.90. The van der Waals surface area contributed by atoms with Gasteiger partial charge in [0.05, 0.1) is 11.2 Å². The molecule has 19 heavy (non-hydrogen) atoms. The Balaban J connectivity index is 2.11. The number of para-hydroxylation sites is 1. The van der Waals surface area contributed by atoms with E-state index in [2.05, 4.69) is 12.2 Å². The second kappa shape index (κ2) is 5.78. The molecule has 0 spiro atoms. The number of hydrogen-bond acceptors (Lipinski definition) is 2. The summed E-state index contributed by atoms with van der Waals surface area (Å²) in [6, 6.07) is 7.98. The Morgan fingerprint density at radius 3 is 2.95 bits per heavy atom. The van der Waals surface area contributed by atoms with Crippen LogP contribution < -0.4 is 11.1 Å². The predicted molar refractivity (Wildman–Crippen MR) is 78.9 cm³/mol. The van der Waals surface area contributed by atoms with Gasteiger partial charge in [0.1, 0.15) is 6.54 Å². The minimum atomic E-state index is 0.0294. The normalized spacial score (nSPS) is 12.5. The lowest BCUT2D eigenvalue weighted by Crippen LogP contribution is -2.34. The topological polar surface area (TPSA) is 60.0 Å². The van der Waals surface area contributed by atoms with Crippen molar-refractivity contribution in [1.29, 1.82) is 0 Å². The van der Waals surface area contributed by atoms with Gasteiger partial charge in [-0.05, 0) is 25.5 Å². The van der Waals surface area contributed by atoms with E-state index in [1.54, 1.807) is 0 Å². The van der Waals surface area contributed by atoms with Crippen LogP contribution in [0, 0.1) is 0 Å². The highest BCUT2D eigenvalue weighted by atomic mass is 16.2. The maximum Gasteiger partial charge on any atom is 0.240 e. The molecule has 2 rings (SSSR count). The molecule has 1 heterocycles. The van der Waals surface area contributed by atoms with Crippen LogP contribution in [-0.4, -0.2) is 16.5 Å². The number of aromatic nitrogens is 1. The minimum absolute atomic E-state index is 0.0294. The summed E-state index contributed by atoms with van der Waals surface area (Å²) in [6.45, 7) is 4.46. The van der Waals surface area contributed by atoms with E-state index >= 15 is 0 Å². The van der Waals surface area contributed by atoms with E-state index in [9.17, 15) is 4.79 Å². The number of hydrogen-bond donors (Lipinski definition) is 2. The number of nitrogens with zero attached hydrogens (tertiary/aromatic N) is 1. The van der Waals surface area contributed by atoms with Gasteiger partial charge in [0.2, 0.25) is 5.91 Å². The number of anilines is 1. The molecule has 1 atom stereocenters. The molecule has 1 amide bonds. The van der Waals surface area contributed by atoms with Gasteiger partial charge in [0, 0.05) is 17.6 Å². The Labute approximate surface area is 113 Å². The Bertz CT molecular complexity index is 574. The molecule has 0 aliphatic rings. The third-order valence-corrected chi connectivity index (χ3v) is 3.26. The number of carbonyl (C=O) groups is 1. The number of rotatable bonds is 5. The summed E-state index contributed by atoms with van der Waals surface area (Å²) in [7, 11) is 0. The van der Waals surface area contributed by atoms with Crippen LogP contribution in [-0.2, 0) is 11.3 Å². The highest BCUT2D eigenvalue weighted by Crippen LogP contribution is 2.21. The number of benzene rings is 1. The number of nitrogens with two attached hydrogens (primary N) is 1. The first kappa shape index (κ1) is 13.5. The second-order valence-corrected chi connectivity index (χ2v) is 4.99. The molecule has 102 valence electrons. The van der Waals surface area contributed by atoms with Gasteiger partial charge in [-0.25, -0.2) is 0 Å². The van der Waals surface area contributed by atoms with Crippen LogP contribution in [0.25, 0.3) is 10.9 Å². The van der Waals surface area contributed by atoms with Crippen molar-refractivity contribution in [2.75, 3.05) is 5.73 Å². The summed E-state index contributed by atoms with van der Waals surface area (Å²) in [5.41, 5.74) is 7.61. The van der Waals surface area contributed by atoms with Crippen molar-refractivity contribution in [2.24, 2.45) is 0 Å². The van der Waals surface area contributed by atoms with Crippen LogP contribution >= 0.6 is 0 Å². The minimum Gasteiger partial charge on any atom is -0.397 e. The summed E-state index contributed by atoms with van der Waals surface area (Å²) in [5.74, 6) is 0.0294. The Morgan fingerprint density at radius 2 is 2.21 bits per heavy atom. The van der Waals surface area contributed by atoms with Gasteiger partial charge in [-0.2, -0.15) is 0 Å². The molecule has 0 saturated carbocycles. The zero-order valence-corrected chi connectivity index (χ0v) is 11.5. The van der Waals surface area contributed by atoms with Crippen molar-refractivity contribution < 1.29 is 4.79 Å². The third-order valence-electron chi connectivity index (χ3n) is 3.26. The van der Waals surface area contributed by atoms with Gasteiger partial charge in [-0.15, -0.1) is 0 Å². The highest BCUT2D eigenvalue weighted by molar-refractivity contribution is 5.91. The largest absolute Gasteiger partial charge is 0.397 e. The van der Waals surface area contributed by atoms with Gasteiger partial charge < -0.3 is 15.6 Å². The van der Waals surface area contributed by atoms with Crippen molar-refractivity contribution >= 4 is 22.5 Å². The van der Waals surface area contributed by atoms with Crippen LogP contribution in [0.1, 0.15) is 26.7 Å². The lowest BCUT2D eigenvalue weighted by atomic mass is 10.2. The molecular formula is C15H21N3O. The first-order chi connectivity index (χ1) is 9.11. The zero-order valence-electron chi connectivity index (χ0n) is 11.5. The van der Waals surface area contributed by atoms with Crippen molar-refractivity contribution in [3.63, 3.8) is 0 Å². The van der Waals surface area contributed by atoms with Gasteiger partial charge >= 0.3 is 0 Å². The first-order valence-electron chi connectivity index (χ1n) is 6.74. The molecule has 4 nitrogen and oxygen atoms in total. The molecule has 4 heteroatoms. The van der Waals surface area contributed by atoms with E-state index in [4.69, 9.17) is 5.73 Å². The highest BCUT2D eigenvalue weighted by Gasteiger charge is 2.10. The van der Waals surface area contributed by atoms with Crippen LogP contribution in [0.15, 0.2) is 30.5 Å². The lowest BCUT2D eigenvalue weighted by Gasteiger charge is -2.14. The molecule has 2 aromatic rings. The Morgan fingerprint density at radius 1 is 1.42 bits per heavy atom. The van der Waals surface area contributed by atoms with Crippen LogP contribution in [0.3, 0.4) is 0 Å². The van der Waals surface area contributed by atoms with Crippen molar-refractivity contribution in [3.8, 4) is 0 Å². The molecule has 0 fully saturated rings. The lowest BCUT2D eigenvalue weighted by molar-refractivity contribution is -0.122. The molecule has 3 N–H and O–H groups in total. The predicted octanol–water partition coefficient (Wildman–Crippen LogP) is 2.53. The Hall–Kier alpha value is -1.97. The maximum atomic E-state index is 12.0. The number of fused-ring (bicyclic) bond motifs is 1. The molecule has 1 aromatic carbocycles. The van der Waals surface area contributed by atoms with Crippen molar-refractivity contribution in [1.82, 2.24) is 9.88 Å². The number of carbonyl (C=O) groups excluding carboxylic acids is 1. The zero-order chi connectivity index (χ0) is 13.8. The number of nitrogens with one attached hydrogen (secondary N) is 1. The van der Waals surface area contributed by atoms with E-state index in [0.717, 1.165) is 23.7 Å². The third kappa shape index (κ3) is 3.08. The van der Waals surface area contributed by atoms with E-state index in [-0.39, 0.29) is 11.9 Å². The fourth-order valence-corrected chi connectivity index (χ4v) is 2.40. The van der Waals surface area contributed by atoms with Crippen LogP contribution in [0.5, 0.6) is 0 Å². The number of nitrogen functional groups attached to an aromatic ring is 1. The maximum absolute atomic E-state index is 12.0. The second-order valence-electron chi connectivity index (χ2n) is 4.99. The Kier molecular flexibility index (Phi) is 4.10.